The first-order valence-electron chi connectivity index (χ1n) is 6.65. The van der Waals surface area contributed by atoms with E-state index >= 15 is 0 Å². The van der Waals surface area contributed by atoms with Gasteiger partial charge in [-0.3, -0.25) is 0 Å². The maximum Gasteiger partial charge on any atom is 0.0771 e. The molecule has 2 unspecified atom stereocenters. The molecular formula is C13H25NO. The molecule has 0 spiro atoms. The third kappa shape index (κ3) is 2.94. The zero-order valence-electron chi connectivity index (χ0n) is 9.97. The Hall–Kier alpha value is -0.0800. The lowest BCUT2D eigenvalue weighted by Crippen LogP contribution is -2.46. The SMILES string of the molecule is CC1CCCC1NCC1(O)CCCCC1. The van der Waals surface area contributed by atoms with E-state index in [-0.39, 0.29) is 5.60 Å². The fraction of sp³-hybridized carbons (Fsp3) is 1.00. The monoisotopic (exact) mass is 211 g/mol. The molecule has 2 fully saturated rings. The maximum absolute atomic E-state index is 10.4. The van der Waals surface area contributed by atoms with Gasteiger partial charge < -0.3 is 10.4 Å². The Kier molecular flexibility index (Phi) is 3.68. The van der Waals surface area contributed by atoms with E-state index in [1.807, 2.05) is 0 Å². The van der Waals surface area contributed by atoms with Gasteiger partial charge in [0.25, 0.3) is 0 Å². The van der Waals surface area contributed by atoms with Gasteiger partial charge in [0.1, 0.15) is 0 Å². The van der Waals surface area contributed by atoms with Crippen molar-refractivity contribution in [3.05, 3.63) is 0 Å². The molecule has 2 N–H and O–H groups in total. The van der Waals surface area contributed by atoms with E-state index in [4.69, 9.17) is 0 Å². The van der Waals surface area contributed by atoms with Crippen molar-refractivity contribution in [1.29, 1.82) is 0 Å². The summed E-state index contributed by atoms with van der Waals surface area (Å²) < 4.78 is 0. The highest BCUT2D eigenvalue weighted by atomic mass is 16.3. The summed E-state index contributed by atoms with van der Waals surface area (Å²) in [6, 6.07) is 0.663. The summed E-state index contributed by atoms with van der Waals surface area (Å²) in [7, 11) is 0. The molecule has 2 saturated carbocycles. The van der Waals surface area contributed by atoms with Crippen LogP contribution in [0, 0.1) is 5.92 Å². The zero-order chi connectivity index (χ0) is 10.7. The maximum atomic E-state index is 10.4. The van der Waals surface area contributed by atoms with Crippen LogP contribution in [0.2, 0.25) is 0 Å². The first-order valence-corrected chi connectivity index (χ1v) is 6.65. The van der Waals surface area contributed by atoms with Crippen LogP contribution in [-0.4, -0.2) is 23.3 Å². The van der Waals surface area contributed by atoms with Gasteiger partial charge in [0.05, 0.1) is 5.60 Å². The smallest absolute Gasteiger partial charge is 0.0771 e. The molecule has 2 aliphatic carbocycles. The van der Waals surface area contributed by atoms with E-state index in [9.17, 15) is 5.11 Å². The Morgan fingerprint density at radius 2 is 1.87 bits per heavy atom. The summed E-state index contributed by atoms with van der Waals surface area (Å²) in [6.07, 6.45) is 9.74. The van der Waals surface area contributed by atoms with Crippen LogP contribution < -0.4 is 5.32 Å². The number of aliphatic hydroxyl groups is 1. The first-order chi connectivity index (χ1) is 7.20. The predicted molar refractivity (Wildman–Crippen MR) is 62.8 cm³/mol. The Labute approximate surface area is 93.5 Å². The minimum atomic E-state index is -0.388. The lowest BCUT2D eigenvalue weighted by molar-refractivity contribution is 0.00187. The van der Waals surface area contributed by atoms with Crippen molar-refractivity contribution >= 4 is 0 Å². The Morgan fingerprint density at radius 3 is 2.47 bits per heavy atom. The molecule has 15 heavy (non-hydrogen) atoms. The summed E-state index contributed by atoms with van der Waals surface area (Å²) in [5.74, 6) is 0.803. The van der Waals surface area contributed by atoms with Crippen LogP contribution in [0.4, 0.5) is 0 Å². The zero-order valence-corrected chi connectivity index (χ0v) is 9.97. The van der Waals surface area contributed by atoms with E-state index in [1.54, 1.807) is 0 Å². The van der Waals surface area contributed by atoms with Gasteiger partial charge in [-0.25, -0.2) is 0 Å². The van der Waals surface area contributed by atoms with E-state index in [0.29, 0.717) is 6.04 Å². The van der Waals surface area contributed by atoms with Crippen LogP contribution in [0.15, 0.2) is 0 Å². The van der Waals surface area contributed by atoms with Gasteiger partial charge >= 0.3 is 0 Å². The van der Waals surface area contributed by atoms with Crippen LogP contribution in [0.25, 0.3) is 0 Å². The molecule has 0 aromatic heterocycles. The van der Waals surface area contributed by atoms with Crippen molar-refractivity contribution in [2.24, 2.45) is 5.92 Å². The van der Waals surface area contributed by atoms with Crippen LogP contribution in [0.3, 0.4) is 0 Å². The summed E-state index contributed by atoms with van der Waals surface area (Å²) in [4.78, 5) is 0. The van der Waals surface area contributed by atoms with Gasteiger partial charge in [0, 0.05) is 12.6 Å². The summed E-state index contributed by atoms with van der Waals surface area (Å²) in [5.41, 5.74) is -0.388. The molecule has 2 atom stereocenters. The number of hydrogen-bond acceptors (Lipinski definition) is 2. The Bertz CT molecular complexity index is 199. The predicted octanol–water partition coefficient (Wildman–Crippen LogP) is 2.46. The molecule has 2 heteroatoms. The second-order valence-electron chi connectivity index (χ2n) is 5.68. The van der Waals surface area contributed by atoms with Gasteiger partial charge in [0.15, 0.2) is 0 Å². The molecule has 0 bridgehead atoms. The van der Waals surface area contributed by atoms with Crippen molar-refractivity contribution in [2.45, 2.75) is 69.9 Å². The van der Waals surface area contributed by atoms with Crippen molar-refractivity contribution in [3.63, 3.8) is 0 Å². The minimum Gasteiger partial charge on any atom is -0.389 e. The molecule has 88 valence electrons. The fourth-order valence-electron chi connectivity index (χ4n) is 3.16. The lowest BCUT2D eigenvalue weighted by atomic mass is 9.84. The topological polar surface area (TPSA) is 32.3 Å². The van der Waals surface area contributed by atoms with Crippen molar-refractivity contribution < 1.29 is 5.11 Å². The Morgan fingerprint density at radius 1 is 1.13 bits per heavy atom. The summed E-state index contributed by atoms with van der Waals surface area (Å²) in [5, 5.41) is 13.9. The fourth-order valence-corrected chi connectivity index (χ4v) is 3.16. The van der Waals surface area contributed by atoms with E-state index in [2.05, 4.69) is 12.2 Å². The normalized spacial score (nSPS) is 35.6. The van der Waals surface area contributed by atoms with Crippen LogP contribution in [0.1, 0.15) is 58.3 Å². The minimum absolute atomic E-state index is 0.388. The standard InChI is InChI=1S/C13H25NO/c1-11-6-5-7-12(11)14-10-13(15)8-3-2-4-9-13/h11-12,14-15H,2-10H2,1H3. The van der Waals surface area contributed by atoms with Crippen molar-refractivity contribution in [1.82, 2.24) is 5.32 Å². The van der Waals surface area contributed by atoms with Gasteiger partial charge in [-0.05, 0) is 31.6 Å². The second-order valence-corrected chi connectivity index (χ2v) is 5.68. The highest BCUT2D eigenvalue weighted by Crippen LogP contribution is 2.29. The molecule has 0 radical (unpaired) electrons. The second kappa shape index (κ2) is 4.84. The molecule has 2 rings (SSSR count). The molecule has 0 heterocycles. The van der Waals surface area contributed by atoms with Crippen molar-refractivity contribution in [3.8, 4) is 0 Å². The van der Waals surface area contributed by atoms with Gasteiger partial charge in [-0.2, -0.15) is 0 Å². The van der Waals surface area contributed by atoms with Gasteiger partial charge in [-0.15, -0.1) is 0 Å². The average Bonchev–Trinajstić information content (AvgIpc) is 2.62. The number of hydrogen-bond donors (Lipinski definition) is 2. The Balaban J connectivity index is 1.76. The van der Waals surface area contributed by atoms with Crippen LogP contribution in [-0.2, 0) is 0 Å². The highest BCUT2D eigenvalue weighted by molar-refractivity contribution is 4.88. The van der Waals surface area contributed by atoms with E-state index < -0.39 is 0 Å². The molecule has 0 aliphatic heterocycles. The summed E-state index contributed by atoms with van der Waals surface area (Å²) >= 11 is 0. The highest BCUT2D eigenvalue weighted by Gasteiger charge is 2.31. The van der Waals surface area contributed by atoms with Crippen molar-refractivity contribution in [2.75, 3.05) is 6.54 Å². The van der Waals surface area contributed by atoms with Crippen LogP contribution in [0.5, 0.6) is 0 Å². The van der Waals surface area contributed by atoms with Gasteiger partial charge in [-0.1, -0.05) is 32.6 Å². The molecule has 0 saturated heterocycles. The third-order valence-electron chi connectivity index (χ3n) is 4.34. The van der Waals surface area contributed by atoms with Crippen LogP contribution >= 0.6 is 0 Å². The third-order valence-corrected chi connectivity index (χ3v) is 4.34. The first kappa shape index (κ1) is 11.4. The quantitative estimate of drug-likeness (QED) is 0.751. The average molecular weight is 211 g/mol. The molecule has 2 aliphatic rings. The number of rotatable bonds is 3. The molecule has 0 amide bonds. The molecular weight excluding hydrogens is 186 g/mol. The van der Waals surface area contributed by atoms with Gasteiger partial charge in [0.2, 0.25) is 0 Å². The largest absolute Gasteiger partial charge is 0.389 e. The van der Waals surface area contributed by atoms with E-state index in [1.165, 1.54) is 38.5 Å². The molecule has 0 aromatic carbocycles. The number of nitrogens with one attached hydrogen (secondary N) is 1. The molecule has 0 aromatic rings. The molecule has 2 nitrogen and oxygen atoms in total. The van der Waals surface area contributed by atoms with E-state index in [0.717, 1.165) is 25.3 Å². The summed E-state index contributed by atoms with van der Waals surface area (Å²) in [6.45, 7) is 3.15. The lowest BCUT2D eigenvalue weighted by Gasteiger charge is -2.34.